The maximum atomic E-state index is 5.30. The minimum atomic E-state index is 0.953. The highest BCUT2D eigenvalue weighted by Crippen LogP contribution is 2.41. The van der Waals surface area contributed by atoms with Gasteiger partial charge in [-0.3, -0.25) is 4.57 Å². The molecular formula is C29H19N3. The fraction of sp³-hybridized carbons (Fsp3) is 0. The standard InChI is InChI=1S/C29H19N3/c1-3-11-19(12-4-1)29-31-27-25-23-17-9-10-18-24(23)30-26(25)21-15-7-8-16-22(21)28(27)32(29)20-13-5-2-6-14-20/h1-18,30H. The first kappa shape index (κ1) is 17.3. The molecule has 0 spiro atoms. The van der Waals surface area contributed by atoms with Gasteiger partial charge in [-0.05, 0) is 18.2 Å². The van der Waals surface area contributed by atoms with Crippen LogP contribution in [0.2, 0.25) is 0 Å². The summed E-state index contributed by atoms with van der Waals surface area (Å²) in [7, 11) is 0. The highest BCUT2D eigenvalue weighted by atomic mass is 15.1. The third-order valence-electron chi connectivity index (χ3n) is 6.32. The molecule has 2 heterocycles. The van der Waals surface area contributed by atoms with Crippen LogP contribution in [0.3, 0.4) is 0 Å². The van der Waals surface area contributed by atoms with Gasteiger partial charge in [0.05, 0.1) is 11.0 Å². The number of hydrogen-bond acceptors (Lipinski definition) is 1. The van der Waals surface area contributed by atoms with Gasteiger partial charge in [0.15, 0.2) is 0 Å². The van der Waals surface area contributed by atoms with Gasteiger partial charge in [0.1, 0.15) is 11.3 Å². The lowest BCUT2D eigenvalue weighted by Gasteiger charge is -2.11. The summed E-state index contributed by atoms with van der Waals surface area (Å²) in [5, 5.41) is 4.79. The first-order valence-corrected chi connectivity index (χ1v) is 10.8. The van der Waals surface area contributed by atoms with Crippen LogP contribution in [0.25, 0.3) is 60.7 Å². The van der Waals surface area contributed by atoms with Gasteiger partial charge in [-0.2, -0.15) is 0 Å². The first-order chi connectivity index (χ1) is 15.9. The molecular weight excluding hydrogens is 390 g/mol. The van der Waals surface area contributed by atoms with Gasteiger partial charge in [-0.1, -0.05) is 91.0 Å². The molecule has 0 aliphatic rings. The third kappa shape index (κ3) is 2.33. The highest BCUT2D eigenvalue weighted by Gasteiger charge is 2.21. The normalized spacial score (nSPS) is 11.8. The monoisotopic (exact) mass is 409 g/mol. The van der Waals surface area contributed by atoms with Crippen LogP contribution in [0.1, 0.15) is 0 Å². The molecule has 0 amide bonds. The van der Waals surface area contributed by atoms with E-state index in [1.54, 1.807) is 0 Å². The summed E-state index contributed by atoms with van der Waals surface area (Å²) in [6.07, 6.45) is 0. The molecule has 3 heteroatoms. The Morgan fingerprint density at radius 2 is 1.22 bits per heavy atom. The maximum Gasteiger partial charge on any atom is 0.145 e. The second-order valence-electron chi connectivity index (χ2n) is 8.14. The smallest absolute Gasteiger partial charge is 0.145 e. The van der Waals surface area contributed by atoms with Crippen molar-refractivity contribution in [2.75, 3.05) is 0 Å². The van der Waals surface area contributed by atoms with Gasteiger partial charge in [0.25, 0.3) is 0 Å². The van der Waals surface area contributed by atoms with E-state index >= 15 is 0 Å². The summed E-state index contributed by atoms with van der Waals surface area (Å²) in [6.45, 7) is 0. The fourth-order valence-electron chi connectivity index (χ4n) is 4.95. The summed E-state index contributed by atoms with van der Waals surface area (Å²) in [5.41, 5.74) is 6.66. The minimum Gasteiger partial charge on any atom is -0.354 e. The van der Waals surface area contributed by atoms with Crippen LogP contribution in [-0.4, -0.2) is 14.5 Å². The van der Waals surface area contributed by atoms with E-state index in [0.717, 1.165) is 39.1 Å². The van der Waals surface area contributed by atoms with Gasteiger partial charge >= 0.3 is 0 Å². The second-order valence-corrected chi connectivity index (χ2v) is 8.14. The van der Waals surface area contributed by atoms with Crippen LogP contribution in [0.5, 0.6) is 0 Å². The molecule has 0 fully saturated rings. The van der Waals surface area contributed by atoms with E-state index in [2.05, 4.69) is 113 Å². The van der Waals surface area contributed by atoms with Gasteiger partial charge in [-0.25, -0.2) is 4.98 Å². The van der Waals surface area contributed by atoms with Crippen molar-refractivity contribution >= 4 is 43.6 Å². The number of aromatic nitrogens is 3. The predicted octanol–water partition coefficient (Wildman–Crippen LogP) is 7.48. The number of rotatable bonds is 2. The van der Waals surface area contributed by atoms with Crippen LogP contribution < -0.4 is 0 Å². The first-order valence-electron chi connectivity index (χ1n) is 10.8. The highest BCUT2D eigenvalue weighted by molar-refractivity contribution is 6.30. The third-order valence-corrected chi connectivity index (χ3v) is 6.32. The van der Waals surface area contributed by atoms with Crippen molar-refractivity contribution in [1.82, 2.24) is 14.5 Å². The molecule has 0 aliphatic carbocycles. The SMILES string of the molecule is c1ccc(-c2nc3c4c5ccccc5[nH]c4c4ccccc4c3n2-c2ccccc2)cc1. The lowest BCUT2D eigenvalue weighted by Crippen LogP contribution is -1.97. The average Bonchev–Trinajstić information content (AvgIpc) is 3.45. The molecule has 32 heavy (non-hydrogen) atoms. The second kappa shape index (κ2) is 6.56. The molecule has 0 saturated heterocycles. The Hall–Kier alpha value is -4.37. The van der Waals surface area contributed by atoms with E-state index in [4.69, 9.17) is 4.98 Å². The maximum absolute atomic E-state index is 5.30. The van der Waals surface area contributed by atoms with E-state index in [0.29, 0.717) is 0 Å². The van der Waals surface area contributed by atoms with Crippen molar-refractivity contribution in [1.29, 1.82) is 0 Å². The molecule has 5 aromatic carbocycles. The van der Waals surface area contributed by atoms with Crippen molar-refractivity contribution in [3.05, 3.63) is 109 Å². The van der Waals surface area contributed by atoms with Crippen molar-refractivity contribution in [3.63, 3.8) is 0 Å². The van der Waals surface area contributed by atoms with Crippen molar-refractivity contribution in [2.45, 2.75) is 0 Å². The van der Waals surface area contributed by atoms with E-state index in [-0.39, 0.29) is 0 Å². The number of fused-ring (bicyclic) bond motifs is 8. The molecule has 1 N–H and O–H groups in total. The van der Waals surface area contributed by atoms with Gasteiger partial charge in [0.2, 0.25) is 0 Å². The molecule has 0 atom stereocenters. The number of para-hydroxylation sites is 2. The lowest BCUT2D eigenvalue weighted by molar-refractivity contribution is 1.11. The van der Waals surface area contributed by atoms with Crippen molar-refractivity contribution < 1.29 is 0 Å². The Balaban J connectivity index is 1.79. The number of nitrogens with zero attached hydrogens (tertiary/aromatic N) is 2. The Morgan fingerprint density at radius 1 is 0.594 bits per heavy atom. The summed E-state index contributed by atoms with van der Waals surface area (Å²) in [4.78, 5) is 8.98. The van der Waals surface area contributed by atoms with Crippen LogP contribution in [0, 0.1) is 0 Å². The number of aromatic amines is 1. The molecule has 2 aromatic heterocycles. The topological polar surface area (TPSA) is 33.6 Å². The Bertz CT molecular complexity index is 1760. The van der Waals surface area contributed by atoms with Crippen molar-refractivity contribution in [3.8, 4) is 17.1 Å². The molecule has 0 bridgehead atoms. The largest absolute Gasteiger partial charge is 0.354 e. The number of hydrogen-bond donors (Lipinski definition) is 1. The summed E-state index contributed by atoms with van der Waals surface area (Å²) < 4.78 is 2.31. The quantitative estimate of drug-likeness (QED) is 0.315. The summed E-state index contributed by atoms with van der Waals surface area (Å²) in [5.74, 6) is 0.953. The minimum absolute atomic E-state index is 0.953. The van der Waals surface area contributed by atoms with E-state index in [1.807, 2.05) is 6.07 Å². The zero-order chi connectivity index (χ0) is 21.1. The van der Waals surface area contributed by atoms with Crippen molar-refractivity contribution in [2.24, 2.45) is 0 Å². The number of imidazole rings is 1. The molecule has 0 radical (unpaired) electrons. The summed E-state index contributed by atoms with van der Waals surface area (Å²) >= 11 is 0. The number of nitrogens with one attached hydrogen (secondary N) is 1. The molecule has 0 saturated carbocycles. The fourth-order valence-corrected chi connectivity index (χ4v) is 4.95. The van der Waals surface area contributed by atoms with E-state index in [1.165, 1.54) is 21.5 Å². The number of H-pyrrole nitrogens is 1. The Kier molecular flexibility index (Phi) is 3.55. The average molecular weight is 409 g/mol. The zero-order valence-corrected chi connectivity index (χ0v) is 17.3. The number of benzene rings is 5. The molecule has 7 rings (SSSR count). The summed E-state index contributed by atoms with van der Waals surface area (Å²) in [6, 6.07) is 38.1. The Morgan fingerprint density at radius 3 is 2.00 bits per heavy atom. The van der Waals surface area contributed by atoms with Crippen LogP contribution >= 0.6 is 0 Å². The van der Waals surface area contributed by atoms with Crippen LogP contribution in [0.15, 0.2) is 109 Å². The van der Waals surface area contributed by atoms with Gasteiger partial charge in [-0.15, -0.1) is 0 Å². The van der Waals surface area contributed by atoms with Gasteiger partial charge < -0.3 is 4.98 Å². The van der Waals surface area contributed by atoms with Gasteiger partial charge in [0, 0.05) is 38.3 Å². The molecule has 150 valence electrons. The Labute approximate surface area is 184 Å². The molecule has 0 unspecified atom stereocenters. The van der Waals surface area contributed by atoms with E-state index in [9.17, 15) is 0 Å². The molecule has 7 aromatic rings. The van der Waals surface area contributed by atoms with Crippen LogP contribution in [-0.2, 0) is 0 Å². The molecule has 0 aliphatic heterocycles. The molecule has 3 nitrogen and oxygen atoms in total. The van der Waals surface area contributed by atoms with E-state index < -0.39 is 0 Å². The van der Waals surface area contributed by atoms with Crippen LogP contribution in [0.4, 0.5) is 0 Å². The zero-order valence-electron chi connectivity index (χ0n) is 17.3. The predicted molar refractivity (Wildman–Crippen MR) is 133 cm³/mol. The lowest BCUT2D eigenvalue weighted by atomic mass is 10.0.